The van der Waals surface area contributed by atoms with E-state index in [0.29, 0.717) is 0 Å². The molecule has 1 N–H and O–H groups in total. The van der Waals surface area contributed by atoms with Crippen LogP contribution in [0.4, 0.5) is 5.82 Å². The lowest BCUT2D eigenvalue weighted by molar-refractivity contribution is 0.177. The third kappa shape index (κ3) is 3.66. The number of nitrogens with zero attached hydrogens (tertiary/aromatic N) is 4. The Balaban J connectivity index is 1.69. The van der Waals surface area contributed by atoms with Crippen LogP contribution in [0.15, 0.2) is 95.0 Å². The van der Waals surface area contributed by atoms with Crippen LogP contribution in [0, 0.1) is 0 Å². The number of hydrazone groups is 1. The van der Waals surface area contributed by atoms with Crippen molar-refractivity contribution in [2.45, 2.75) is 32.5 Å². The molecule has 2 aliphatic heterocycles. The van der Waals surface area contributed by atoms with Gasteiger partial charge in [-0.2, -0.15) is 5.10 Å². The summed E-state index contributed by atoms with van der Waals surface area (Å²) in [5, 5.41) is 10.6. The minimum absolute atomic E-state index is 0.231. The molecule has 0 saturated carbocycles. The Hall–Kier alpha value is -4.32. The normalized spacial score (nSPS) is 18.5. The fourth-order valence-corrected chi connectivity index (χ4v) is 5.34. The van der Waals surface area contributed by atoms with Crippen LogP contribution in [0.2, 0.25) is 0 Å². The van der Waals surface area contributed by atoms with Gasteiger partial charge in [0.05, 0.1) is 25.2 Å². The van der Waals surface area contributed by atoms with Crippen LogP contribution in [0.5, 0.6) is 5.75 Å². The molecule has 2 aliphatic rings. The summed E-state index contributed by atoms with van der Waals surface area (Å²) in [5.74, 6) is 1.83. The molecule has 0 radical (unpaired) electrons. The van der Waals surface area contributed by atoms with Crippen LogP contribution in [-0.2, 0) is 0 Å². The van der Waals surface area contributed by atoms with Gasteiger partial charge in [-0.15, -0.1) is 0 Å². The number of ether oxygens (including phenoxy) is 1. The summed E-state index contributed by atoms with van der Waals surface area (Å²) >= 11 is 0. The average molecular weight is 476 g/mol. The Kier molecular flexibility index (Phi) is 5.56. The van der Waals surface area contributed by atoms with Gasteiger partial charge in [-0.25, -0.2) is 4.99 Å². The number of anilines is 1. The number of aromatic nitrogens is 1. The number of aliphatic imine (C=N–C) groups is 1. The van der Waals surface area contributed by atoms with Crippen molar-refractivity contribution in [1.29, 1.82) is 0 Å². The van der Waals surface area contributed by atoms with Crippen molar-refractivity contribution in [2.75, 3.05) is 12.4 Å². The Bertz CT molecular complexity index is 1440. The first kappa shape index (κ1) is 22.2. The van der Waals surface area contributed by atoms with Crippen molar-refractivity contribution < 1.29 is 4.74 Å². The van der Waals surface area contributed by atoms with Crippen molar-refractivity contribution in [3.8, 4) is 33.8 Å². The lowest BCUT2D eigenvalue weighted by atomic mass is 9.95. The maximum absolute atomic E-state index is 5.45. The summed E-state index contributed by atoms with van der Waals surface area (Å²) in [6.07, 6.45) is 2.53. The molecule has 6 heteroatoms. The monoisotopic (exact) mass is 475 g/mol. The first-order chi connectivity index (χ1) is 17.7. The molecule has 0 spiro atoms. The molecule has 6 rings (SSSR count). The van der Waals surface area contributed by atoms with E-state index in [1.807, 2.05) is 18.5 Å². The SMILES string of the molecule is COc1ccc(-n2c3c(c(-c4ccccc4)c2-c2ccccc2)C(N2N=C(C)CC2C)N=CN3)cc1. The molecule has 6 nitrogen and oxygen atoms in total. The predicted molar refractivity (Wildman–Crippen MR) is 147 cm³/mol. The maximum Gasteiger partial charge on any atom is 0.168 e. The van der Waals surface area contributed by atoms with E-state index in [1.165, 1.54) is 0 Å². The van der Waals surface area contributed by atoms with E-state index >= 15 is 0 Å². The maximum atomic E-state index is 5.45. The van der Waals surface area contributed by atoms with Gasteiger partial charge in [0.15, 0.2) is 6.17 Å². The van der Waals surface area contributed by atoms with Gasteiger partial charge < -0.3 is 10.1 Å². The number of hydrogen-bond donors (Lipinski definition) is 1. The number of benzene rings is 3. The highest BCUT2D eigenvalue weighted by Gasteiger charge is 2.37. The van der Waals surface area contributed by atoms with Crippen LogP contribution in [-0.4, -0.2) is 34.8 Å². The van der Waals surface area contributed by atoms with Crippen LogP contribution < -0.4 is 10.1 Å². The van der Waals surface area contributed by atoms with Crippen molar-refractivity contribution in [1.82, 2.24) is 9.58 Å². The smallest absolute Gasteiger partial charge is 0.168 e. The van der Waals surface area contributed by atoms with Crippen molar-refractivity contribution in [2.24, 2.45) is 10.1 Å². The van der Waals surface area contributed by atoms with Crippen molar-refractivity contribution in [3.05, 3.63) is 90.5 Å². The quantitative estimate of drug-likeness (QED) is 0.348. The molecule has 36 heavy (non-hydrogen) atoms. The summed E-state index contributed by atoms with van der Waals surface area (Å²) in [6, 6.07) is 29.7. The van der Waals surface area contributed by atoms with Gasteiger partial charge in [-0.05, 0) is 49.2 Å². The van der Waals surface area contributed by atoms with E-state index in [9.17, 15) is 0 Å². The van der Waals surface area contributed by atoms with Gasteiger partial charge in [0.25, 0.3) is 0 Å². The highest BCUT2D eigenvalue weighted by Crippen LogP contribution is 2.49. The van der Waals surface area contributed by atoms with Gasteiger partial charge in [0, 0.05) is 28.9 Å². The first-order valence-electron chi connectivity index (χ1n) is 12.3. The molecule has 4 aromatic rings. The largest absolute Gasteiger partial charge is 0.497 e. The third-order valence-corrected chi connectivity index (χ3v) is 6.90. The zero-order valence-corrected chi connectivity index (χ0v) is 20.7. The molecule has 0 fully saturated rings. The number of nitrogens with one attached hydrogen (secondary N) is 1. The van der Waals surface area contributed by atoms with Gasteiger partial charge in [-0.3, -0.25) is 9.58 Å². The minimum atomic E-state index is -0.231. The van der Waals surface area contributed by atoms with Crippen molar-refractivity contribution in [3.63, 3.8) is 0 Å². The molecule has 2 atom stereocenters. The van der Waals surface area contributed by atoms with Gasteiger partial charge in [-0.1, -0.05) is 60.7 Å². The highest BCUT2D eigenvalue weighted by molar-refractivity contribution is 5.95. The molecule has 180 valence electrons. The highest BCUT2D eigenvalue weighted by atomic mass is 16.5. The molecule has 3 heterocycles. The second-order valence-electron chi connectivity index (χ2n) is 9.32. The number of fused-ring (bicyclic) bond motifs is 1. The van der Waals surface area contributed by atoms with Crippen molar-refractivity contribution >= 4 is 17.9 Å². The lowest BCUT2D eigenvalue weighted by Gasteiger charge is -2.30. The standard InChI is InChI=1S/C30H29N5O/c1-20-18-21(2)35(33-20)30-27-26(22-10-6-4-7-11-22)28(23-12-8-5-9-13-23)34(29(27)31-19-32-30)24-14-16-25(36-3)17-15-24/h4-17,19,21,30H,18H2,1-3H3,(H,31,32). The topological polar surface area (TPSA) is 54.1 Å². The number of hydrogen-bond acceptors (Lipinski definition) is 5. The third-order valence-electron chi connectivity index (χ3n) is 6.90. The summed E-state index contributed by atoms with van der Waals surface area (Å²) in [6.45, 7) is 4.32. The fourth-order valence-electron chi connectivity index (χ4n) is 5.34. The Morgan fingerprint density at radius 1 is 0.889 bits per heavy atom. The Morgan fingerprint density at radius 2 is 1.56 bits per heavy atom. The summed E-state index contributed by atoms with van der Waals surface area (Å²) in [7, 11) is 1.69. The van der Waals surface area contributed by atoms with E-state index in [1.54, 1.807) is 7.11 Å². The minimum Gasteiger partial charge on any atom is -0.497 e. The zero-order chi connectivity index (χ0) is 24.6. The molecule has 0 bridgehead atoms. The first-order valence-corrected chi connectivity index (χ1v) is 12.3. The molecular formula is C30H29N5O. The van der Waals surface area contributed by atoms with Gasteiger partial charge >= 0.3 is 0 Å². The average Bonchev–Trinajstić information content (AvgIpc) is 3.46. The fraction of sp³-hybridized carbons (Fsp3) is 0.200. The van der Waals surface area contributed by atoms with Gasteiger partial charge in [0.2, 0.25) is 0 Å². The summed E-state index contributed by atoms with van der Waals surface area (Å²) in [4.78, 5) is 4.94. The number of rotatable bonds is 5. The predicted octanol–water partition coefficient (Wildman–Crippen LogP) is 6.74. The van der Waals surface area contributed by atoms with E-state index in [4.69, 9.17) is 14.8 Å². The molecular weight excluding hydrogens is 446 g/mol. The van der Waals surface area contributed by atoms with Crippen LogP contribution in [0.3, 0.4) is 0 Å². The summed E-state index contributed by atoms with van der Waals surface area (Å²) < 4.78 is 7.75. The molecule has 0 aliphatic carbocycles. The number of methoxy groups -OCH3 is 1. The molecule has 0 amide bonds. The Labute approximate surface area is 211 Å². The van der Waals surface area contributed by atoms with E-state index < -0.39 is 0 Å². The van der Waals surface area contributed by atoms with E-state index in [0.717, 1.165) is 57.3 Å². The van der Waals surface area contributed by atoms with E-state index in [2.05, 4.69) is 102 Å². The van der Waals surface area contributed by atoms with Crippen LogP contribution >= 0.6 is 0 Å². The van der Waals surface area contributed by atoms with Gasteiger partial charge in [0.1, 0.15) is 11.6 Å². The molecule has 0 saturated heterocycles. The zero-order valence-electron chi connectivity index (χ0n) is 20.7. The van der Waals surface area contributed by atoms with E-state index in [-0.39, 0.29) is 12.2 Å². The molecule has 1 aromatic heterocycles. The lowest BCUT2D eigenvalue weighted by Crippen LogP contribution is -2.30. The Morgan fingerprint density at radius 3 is 2.17 bits per heavy atom. The second kappa shape index (κ2) is 9.04. The molecule has 3 aromatic carbocycles. The second-order valence-corrected chi connectivity index (χ2v) is 9.32. The van der Waals surface area contributed by atoms with Crippen LogP contribution in [0.25, 0.3) is 28.1 Å². The molecule has 2 unspecified atom stereocenters. The summed E-state index contributed by atoms with van der Waals surface area (Å²) in [5.41, 5.74) is 7.87. The van der Waals surface area contributed by atoms with Crippen LogP contribution in [0.1, 0.15) is 32.0 Å².